The summed E-state index contributed by atoms with van der Waals surface area (Å²) in [5.41, 5.74) is 0.635. The molecule has 0 saturated carbocycles. The molecular formula is C13H19ClN2O2. The number of ether oxygens (including phenoxy) is 1. The van der Waals surface area contributed by atoms with Crippen LogP contribution < -0.4 is 5.32 Å². The second-order valence-electron chi connectivity index (χ2n) is 3.80. The lowest BCUT2D eigenvalue weighted by Gasteiger charge is -2.17. The number of hydrogen-bond acceptors (Lipinski definition) is 3. The van der Waals surface area contributed by atoms with Crippen molar-refractivity contribution >= 4 is 23.4 Å². The SMILES string of the molecule is CCN(CC)CCOC(=O)Nc1cccc(Cl)c1. The summed E-state index contributed by atoms with van der Waals surface area (Å²) in [6.07, 6.45) is -0.454. The number of rotatable bonds is 6. The van der Waals surface area contributed by atoms with E-state index in [1.165, 1.54) is 0 Å². The summed E-state index contributed by atoms with van der Waals surface area (Å²) >= 11 is 5.81. The molecule has 1 rings (SSSR count). The Morgan fingerprint density at radius 2 is 2.11 bits per heavy atom. The van der Waals surface area contributed by atoms with Crippen LogP contribution in [0.15, 0.2) is 24.3 Å². The van der Waals surface area contributed by atoms with E-state index >= 15 is 0 Å². The van der Waals surface area contributed by atoms with Gasteiger partial charge in [-0.25, -0.2) is 4.79 Å². The number of hydrogen-bond donors (Lipinski definition) is 1. The lowest BCUT2D eigenvalue weighted by atomic mass is 10.3. The predicted octanol–water partition coefficient (Wildman–Crippen LogP) is 3.23. The maximum Gasteiger partial charge on any atom is 0.411 e. The molecule has 0 atom stereocenters. The minimum absolute atomic E-state index is 0.383. The topological polar surface area (TPSA) is 41.6 Å². The van der Waals surface area contributed by atoms with Crippen molar-refractivity contribution in [2.45, 2.75) is 13.8 Å². The molecule has 0 aromatic heterocycles. The van der Waals surface area contributed by atoms with Crippen molar-refractivity contribution in [2.24, 2.45) is 0 Å². The Labute approximate surface area is 113 Å². The molecule has 0 aliphatic heterocycles. The number of halogens is 1. The fraction of sp³-hybridized carbons (Fsp3) is 0.462. The summed E-state index contributed by atoms with van der Waals surface area (Å²) in [4.78, 5) is 13.7. The van der Waals surface area contributed by atoms with Crippen molar-refractivity contribution in [3.63, 3.8) is 0 Å². The van der Waals surface area contributed by atoms with Crippen molar-refractivity contribution in [1.29, 1.82) is 0 Å². The normalized spacial score (nSPS) is 10.4. The summed E-state index contributed by atoms with van der Waals surface area (Å²) in [6.45, 7) is 7.20. The molecule has 1 aromatic rings. The summed E-state index contributed by atoms with van der Waals surface area (Å²) in [6, 6.07) is 6.96. The fourth-order valence-electron chi connectivity index (χ4n) is 1.53. The third-order valence-electron chi connectivity index (χ3n) is 2.61. The van der Waals surface area contributed by atoms with Gasteiger partial charge in [0.25, 0.3) is 0 Å². The molecule has 0 heterocycles. The van der Waals surface area contributed by atoms with Gasteiger partial charge in [-0.15, -0.1) is 0 Å². The van der Waals surface area contributed by atoms with Crippen LogP contribution in [-0.4, -0.2) is 37.2 Å². The number of amides is 1. The molecule has 1 aromatic carbocycles. The molecule has 0 spiro atoms. The van der Waals surface area contributed by atoms with Gasteiger partial charge < -0.3 is 9.64 Å². The highest BCUT2D eigenvalue weighted by Gasteiger charge is 2.05. The first-order chi connectivity index (χ1) is 8.65. The summed E-state index contributed by atoms with van der Waals surface area (Å²) in [5, 5.41) is 3.21. The molecule has 0 saturated heterocycles. The van der Waals surface area contributed by atoms with E-state index in [0.717, 1.165) is 19.6 Å². The molecule has 1 N–H and O–H groups in total. The third kappa shape index (κ3) is 5.38. The van der Waals surface area contributed by atoms with Crippen LogP contribution in [0.5, 0.6) is 0 Å². The molecule has 100 valence electrons. The molecule has 0 bridgehead atoms. The standard InChI is InChI=1S/C13H19ClN2O2/c1-3-16(4-2)8-9-18-13(17)15-12-7-5-6-11(14)10-12/h5-7,10H,3-4,8-9H2,1-2H3,(H,15,17). The number of nitrogens with zero attached hydrogens (tertiary/aromatic N) is 1. The van der Waals surface area contributed by atoms with Gasteiger partial charge in [-0.2, -0.15) is 0 Å². The molecule has 18 heavy (non-hydrogen) atoms. The number of likely N-dealkylation sites (N-methyl/N-ethyl adjacent to an activating group) is 1. The van der Waals surface area contributed by atoms with E-state index in [2.05, 4.69) is 24.1 Å². The Morgan fingerprint density at radius 3 is 2.72 bits per heavy atom. The second kappa shape index (κ2) is 7.95. The molecule has 0 aliphatic rings. The first kappa shape index (κ1) is 14.8. The van der Waals surface area contributed by atoms with Gasteiger partial charge in [0.05, 0.1) is 0 Å². The van der Waals surface area contributed by atoms with Gasteiger partial charge in [0, 0.05) is 17.3 Å². The van der Waals surface area contributed by atoms with Crippen molar-refractivity contribution in [2.75, 3.05) is 31.6 Å². The fourth-order valence-corrected chi connectivity index (χ4v) is 1.72. The number of nitrogens with one attached hydrogen (secondary N) is 1. The average molecular weight is 271 g/mol. The Morgan fingerprint density at radius 1 is 1.39 bits per heavy atom. The van der Waals surface area contributed by atoms with Gasteiger partial charge in [0.2, 0.25) is 0 Å². The Balaban J connectivity index is 2.29. The summed E-state index contributed by atoms with van der Waals surface area (Å²) in [5.74, 6) is 0. The van der Waals surface area contributed by atoms with E-state index < -0.39 is 6.09 Å². The van der Waals surface area contributed by atoms with Crippen LogP contribution in [-0.2, 0) is 4.74 Å². The zero-order valence-corrected chi connectivity index (χ0v) is 11.5. The van der Waals surface area contributed by atoms with E-state index in [0.29, 0.717) is 17.3 Å². The molecule has 5 heteroatoms. The largest absolute Gasteiger partial charge is 0.448 e. The summed E-state index contributed by atoms with van der Waals surface area (Å²) < 4.78 is 5.09. The third-order valence-corrected chi connectivity index (χ3v) is 2.84. The van der Waals surface area contributed by atoms with Crippen LogP contribution >= 0.6 is 11.6 Å². The number of benzene rings is 1. The highest BCUT2D eigenvalue weighted by Crippen LogP contribution is 2.14. The summed E-state index contributed by atoms with van der Waals surface area (Å²) in [7, 11) is 0. The highest BCUT2D eigenvalue weighted by molar-refractivity contribution is 6.30. The zero-order valence-electron chi connectivity index (χ0n) is 10.8. The Kier molecular flexibility index (Phi) is 6.54. The average Bonchev–Trinajstić information content (AvgIpc) is 2.34. The molecule has 0 unspecified atom stereocenters. The van der Waals surface area contributed by atoms with E-state index in [1.54, 1.807) is 24.3 Å². The minimum Gasteiger partial charge on any atom is -0.448 e. The van der Waals surface area contributed by atoms with Crippen LogP contribution in [0.25, 0.3) is 0 Å². The minimum atomic E-state index is -0.454. The number of anilines is 1. The van der Waals surface area contributed by atoms with Crippen LogP contribution in [0, 0.1) is 0 Å². The van der Waals surface area contributed by atoms with E-state index in [9.17, 15) is 4.79 Å². The van der Waals surface area contributed by atoms with Crippen LogP contribution in [0.4, 0.5) is 10.5 Å². The number of carbonyl (C=O) groups excluding carboxylic acids is 1. The smallest absolute Gasteiger partial charge is 0.411 e. The van der Waals surface area contributed by atoms with E-state index in [1.807, 2.05) is 0 Å². The van der Waals surface area contributed by atoms with Crippen molar-refractivity contribution in [3.05, 3.63) is 29.3 Å². The van der Waals surface area contributed by atoms with Gasteiger partial charge >= 0.3 is 6.09 Å². The maximum absolute atomic E-state index is 11.5. The molecular weight excluding hydrogens is 252 g/mol. The van der Waals surface area contributed by atoms with Crippen LogP contribution in [0.3, 0.4) is 0 Å². The van der Waals surface area contributed by atoms with Crippen molar-refractivity contribution in [3.8, 4) is 0 Å². The lowest BCUT2D eigenvalue weighted by molar-refractivity contribution is 0.142. The molecule has 1 amide bonds. The van der Waals surface area contributed by atoms with Crippen LogP contribution in [0.2, 0.25) is 5.02 Å². The van der Waals surface area contributed by atoms with E-state index in [-0.39, 0.29) is 0 Å². The molecule has 4 nitrogen and oxygen atoms in total. The Bertz CT molecular complexity index is 381. The highest BCUT2D eigenvalue weighted by atomic mass is 35.5. The van der Waals surface area contributed by atoms with Crippen LogP contribution in [0.1, 0.15) is 13.8 Å². The van der Waals surface area contributed by atoms with E-state index in [4.69, 9.17) is 16.3 Å². The van der Waals surface area contributed by atoms with Gasteiger partial charge in [-0.1, -0.05) is 31.5 Å². The Hall–Kier alpha value is -1.26. The molecule has 0 radical (unpaired) electrons. The lowest BCUT2D eigenvalue weighted by Crippen LogP contribution is -2.28. The van der Waals surface area contributed by atoms with Gasteiger partial charge in [-0.3, -0.25) is 5.32 Å². The predicted molar refractivity (Wildman–Crippen MR) is 74.2 cm³/mol. The second-order valence-corrected chi connectivity index (χ2v) is 4.23. The van der Waals surface area contributed by atoms with Gasteiger partial charge in [0.1, 0.15) is 6.61 Å². The zero-order chi connectivity index (χ0) is 13.4. The van der Waals surface area contributed by atoms with Crippen molar-refractivity contribution in [1.82, 2.24) is 4.90 Å². The quantitative estimate of drug-likeness (QED) is 0.863. The first-order valence-electron chi connectivity index (χ1n) is 6.07. The molecule has 0 fully saturated rings. The molecule has 0 aliphatic carbocycles. The van der Waals surface area contributed by atoms with Gasteiger partial charge in [-0.05, 0) is 31.3 Å². The van der Waals surface area contributed by atoms with Gasteiger partial charge in [0.15, 0.2) is 0 Å². The number of carbonyl (C=O) groups is 1. The van der Waals surface area contributed by atoms with Crippen molar-refractivity contribution < 1.29 is 9.53 Å². The maximum atomic E-state index is 11.5. The first-order valence-corrected chi connectivity index (χ1v) is 6.45. The monoisotopic (exact) mass is 270 g/mol.